The number of hydrogen-bond donors (Lipinski definition) is 0. The van der Waals surface area contributed by atoms with Gasteiger partial charge in [-0.2, -0.15) is 0 Å². The maximum absolute atomic E-state index is 2.47. The second kappa shape index (κ2) is 15.1. The summed E-state index contributed by atoms with van der Waals surface area (Å²) < 4.78 is 0. The molecule has 8 aromatic carbocycles. The highest BCUT2D eigenvalue weighted by atomic mass is 15.1. The number of anilines is 3. The van der Waals surface area contributed by atoms with E-state index < -0.39 is 0 Å². The monoisotopic (exact) mass is 687 g/mol. The minimum absolute atomic E-state index is 1.14. The van der Waals surface area contributed by atoms with Gasteiger partial charge in [0.1, 0.15) is 0 Å². The van der Waals surface area contributed by atoms with E-state index in [9.17, 15) is 0 Å². The van der Waals surface area contributed by atoms with Crippen LogP contribution < -0.4 is 4.90 Å². The van der Waals surface area contributed by atoms with Crippen LogP contribution in [0.4, 0.5) is 17.1 Å². The topological polar surface area (TPSA) is 3.24 Å². The number of benzene rings is 8. The molecular weight excluding hydrogens is 639 g/mol. The molecule has 0 atom stereocenters. The van der Waals surface area contributed by atoms with Crippen LogP contribution in [0.2, 0.25) is 0 Å². The summed E-state index contributed by atoms with van der Waals surface area (Å²) in [5.74, 6) is 0. The summed E-state index contributed by atoms with van der Waals surface area (Å²) in [5, 5.41) is 7.70. The molecule has 0 saturated carbocycles. The Kier molecular flexibility index (Phi) is 9.83. The molecule has 0 radical (unpaired) electrons. The lowest BCUT2D eigenvalue weighted by atomic mass is 9.92. The Morgan fingerprint density at radius 1 is 0.396 bits per heavy atom. The van der Waals surface area contributed by atoms with Crippen molar-refractivity contribution in [1.82, 2.24) is 0 Å². The predicted octanol–water partition coefficient (Wildman–Crippen LogP) is 15.4. The van der Waals surface area contributed by atoms with Crippen LogP contribution in [0.1, 0.15) is 61.3 Å². The molecule has 0 unspecified atom stereocenters. The smallest absolute Gasteiger partial charge is 0.0546 e. The molecule has 0 spiro atoms. The third-order valence-corrected chi connectivity index (χ3v) is 11.1. The van der Waals surface area contributed by atoms with E-state index in [1.807, 2.05) is 0 Å². The molecule has 0 amide bonds. The molecule has 0 aliphatic rings. The van der Waals surface area contributed by atoms with Crippen molar-refractivity contribution in [2.45, 2.75) is 66.2 Å². The van der Waals surface area contributed by atoms with Crippen LogP contribution in [0.15, 0.2) is 152 Å². The lowest BCUT2D eigenvalue weighted by Crippen LogP contribution is -2.12. The van der Waals surface area contributed by atoms with Crippen molar-refractivity contribution in [3.8, 4) is 22.3 Å². The van der Waals surface area contributed by atoms with Gasteiger partial charge in [0, 0.05) is 16.8 Å². The van der Waals surface area contributed by atoms with Crippen LogP contribution in [-0.4, -0.2) is 0 Å². The minimum atomic E-state index is 1.14. The van der Waals surface area contributed by atoms with Crippen molar-refractivity contribution < 1.29 is 0 Å². The van der Waals surface area contributed by atoms with Gasteiger partial charge in [-0.1, -0.05) is 166 Å². The molecular formula is C52H49N. The summed E-state index contributed by atoms with van der Waals surface area (Å²) in [4.78, 5) is 2.47. The Morgan fingerprint density at radius 2 is 0.925 bits per heavy atom. The molecule has 262 valence electrons. The number of rotatable bonds is 11. The predicted molar refractivity (Wildman–Crippen MR) is 231 cm³/mol. The molecule has 53 heavy (non-hydrogen) atoms. The maximum atomic E-state index is 2.47. The minimum Gasteiger partial charge on any atom is -0.310 e. The first-order chi connectivity index (χ1) is 26.0. The van der Waals surface area contributed by atoms with Crippen molar-refractivity contribution in [3.63, 3.8) is 0 Å². The molecule has 0 aliphatic carbocycles. The van der Waals surface area contributed by atoms with Gasteiger partial charge >= 0.3 is 0 Å². The second-order valence-corrected chi connectivity index (χ2v) is 14.9. The lowest BCUT2D eigenvalue weighted by molar-refractivity contribution is 0.632. The van der Waals surface area contributed by atoms with Gasteiger partial charge in [0.25, 0.3) is 0 Å². The van der Waals surface area contributed by atoms with E-state index in [1.54, 1.807) is 0 Å². The van der Waals surface area contributed by atoms with Crippen molar-refractivity contribution in [1.29, 1.82) is 0 Å². The molecule has 0 heterocycles. The van der Waals surface area contributed by atoms with Gasteiger partial charge in [-0.05, 0) is 124 Å². The van der Waals surface area contributed by atoms with Crippen LogP contribution in [0.3, 0.4) is 0 Å². The van der Waals surface area contributed by atoms with Gasteiger partial charge in [0.05, 0.1) is 5.69 Å². The molecule has 0 bridgehead atoms. The average Bonchev–Trinajstić information content (AvgIpc) is 3.20. The van der Waals surface area contributed by atoms with Crippen LogP contribution in [0.5, 0.6) is 0 Å². The highest BCUT2D eigenvalue weighted by Crippen LogP contribution is 2.45. The normalized spacial score (nSPS) is 11.5. The summed E-state index contributed by atoms with van der Waals surface area (Å²) in [5.41, 5.74) is 13.8. The fourth-order valence-corrected chi connectivity index (χ4v) is 8.22. The lowest BCUT2D eigenvalue weighted by Gasteiger charge is -2.29. The Morgan fingerprint density at radius 3 is 1.55 bits per heavy atom. The molecule has 0 aromatic heterocycles. The SMILES string of the molecule is CCCCCCCc1ccc(-c2ccc(-c3ccc(N(c4ccc(C)cc4C)c4cc5c6ccccc6c(C)cc5c5ccccc45)cc3)cc2)cc1. The second-order valence-electron chi connectivity index (χ2n) is 14.9. The molecule has 1 nitrogen and oxygen atoms in total. The first kappa shape index (κ1) is 34.4. The maximum Gasteiger partial charge on any atom is 0.0546 e. The molecule has 0 aliphatic heterocycles. The third kappa shape index (κ3) is 6.97. The van der Waals surface area contributed by atoms with Gasteiger partial charge in [-0.3, -0.25) is 0 Å². The molecule has 8 rings (SSSR count). The molecule has 8 aromatic rings. The largest absolute Gasteiger partial charge is 0.310 e. The van der Waals surface area contributed by atoms with Crippen molar-refractivity contribution in [3.05, 3.63) is 174 Å². The average molecular weight is 688 g/mol. The highest BCUT2D eigenvalue weighted by Gasteiger charge is 2.20. The van der Waals surface area contributed by atoms with Crippen LogP contribution in [0, 0.1) is 20.8 Å². The summed E-state index contributed by atoms with van der Waals surface area (Å²) in [7, 11) is 0. The van der Waals surface area contributed by atoms with E-state index in [0.717, 1.165) is 5.69 Å². The third-order valence-electron chi connectivity index (χ3n) is 11.1. The fourth-order valence-electron chi connectivity index (χ4n) is 8.22. The van der Waals surface area contributed by atoms with Gasteiger partial charge in [0.2, 0.25) is 0 Å². The van der Waals surface area contributed by atoms with E-state index in [2.05, 4.69) is 184 Å². The van der Waals surface area contributed by atoms with Crippen molar-refractivity contribution in [2.75, 3.05) is 4.90 Å². The standard InChI is InChI=1S/C52H49N/c1-5-6-7-8-9-14-39-20-22-40(23-21-39)41-24-26-42(27-25-41)43-28-30-44(31-29-43)53(51-32-19-36(2)33-38(51)4)52-35-50-46-16-11-10-15-45(46)37(3)34-49(50)47-17-12-13-18-48(47)52/h10-13,15-35H,5-9,14H2,1-4H3. The molecule has 1 heteroatoms. The Balaban J connectivity index is 1.15. The zero-order chi connectivity index (χ0) is 36.3. The molecule has 0 fully saturated rings. The van der Waals surface area contributed by atoms with E-state index in [-0.39, 0.29) is 0 Å². The Bertz CT molecular complexity index is 2520. The zero-order valence-corrected chi connectivity index (χ0v) is 31.6. The van der Waals surface area contributed by atoms with Crippen LogP contribution >= 0.6 is 0 Å². The number of nitrogens with zero attached hydrogens (tertiary/aromatic N) is 1. The van der Waals surface area contributed by atoms with E-state index in [0.29, 0.717) is 0 Å². The zero-order valence-electron chi connectivity index (χ0n) is 31.6. The van der Waals surface area contributed by atoms with Crippen LogP contribution in [-0.2, 0) is 6.42 Å². The summed E-state index contributed by atoms with van der Waals surface area (Å²) >= 11 is 0. The fraction of sp³-hybridized carbons (Fsp3) is 0.192. The summed E-state index contributed by atoms with van der Waals surface area (Å²) in [6, 6.07) is 56.7. The van der Waals surface area contributed by atoms with Crippen LogP contribution in [0.25, 0.3) is 54.6 Å². The number of aryl methyl sites for hydroxylation is 4. The summed E-state index contributed by atoms with van der Waals surface area (Å²) in [6.07, 6.45) is 7.79. The van der Waals surface area contributed by atoms with Crippen molar-refractivity contribution in [2.24, 2.45) is 0 Å². The van der Waals surface area contributed by atoms with Gasteiger partial charge in [-0.25, -0.2) is 0 Å². The molecule has 0 N–H and O–H groups in total. The van der Waals surface area contributed by atoms with E-state index >= 15 is 0 Å². The Labute approximate surface area is 315 Å². The highest BCUT2D eigenvalue weighted by molar-refractivity contribution is 6.22. The number of unbranched alkanes of at least 4 members (excludes halogenated alkanes) is 4. The quantitative estimate of drug-likeness (QED) is 0.0966. The van der Waals surface area contributed by atoms with E-state index in [4.69, 9.17) is 0 Å². The first-order valence-corrected chi connectivity index (χ1v) is 19.5. The summed E-state index contributed by atoms with van der Waals surface area (Å²) in [6.45, 7) is 8.91. The van der Waals surface area contributed by atoms with Gasteiger partial charge in [-0.15, -0.1) is 0 Å². The van der Waals surface area contributed by atoms with Gasteiger partial charge in [0.15, 0.2) is 0 Å². The van der Waals surface area contributed by atoms with Gasteiger partial charge < -0.3 is 4.90 Å². The number of fused-ring (bicyclic) bond motifs is 5. The van der Waals surface area contributed by atoms with Crippen molar-refractivity contribution >= 4 is 49.4 Å². The molecule has 0 saturated heterocycles. The first-order valence-electron chi connectivity index (χ1n) is 19.5. The number of hydrogen-bond acceptors (Lipinski definition) is 1. The van der Waals surface area contributed by atoms with E-state index in [1.165, 1.54) is 127 Å². The Hall–Kier alpha value is -5.66.